The summed E-state index contributed by atoms with van der Waals surface area (Å²) in [5.74, 6) is -0.664. The van der Waals surface area contributed by atoms with Crippen LogP contribution in [0, 0.1) is 52.3 Å². The molecule has 0 unspecified atom stereocenters. The van der Waals surface area contributed by atoms with Gasteiger partial charge in [-0.3, -0.25) is 43.1 Å². The Balaban J connectivity index is 0.000000189. The highest BCUT2D eigenvalue weighted by molar-refractivity contribution is 7.91. The number of sulfonamides is 2. The first-order valence-corrected chi connectivity index (χ1v) is 45.1. The number of thiazole rings is 2. The van der Waals surface area contributed by atoms with Gasteiger partial charge < -0.3 is 33.5 Å². The van der Waals surface area contributed by atoms with Crippen LogP contribution in [-0.4, -0.2) is 180 Å². The summed E-state index contributed by atoms with van der Waals surface area (Å²) in [6.07, 6.45) is 7.41. The first-order valence-electron chi connectivity index (χ1n) is 39.9. The summed E-state index contributed by atoms with van der Waals surface area (Å²) >= 11 is 10.1. The van der Waals surface area contributed by atoms with Gasteiger partial charge in [0.15, 0.2) is 11.6 Å². The van der Waals surface area contributed by atoms with Crippen LogP contribution in [0.15, 0.2) is 72.5 Å². The first kappa shape index (κ1) is 82.1. The number of hydrogen-bond acceptors (Lipinski definition) is 22. The molecule has 5 aliphatic heterocycles. The van der Waals surface area contributed by atoms with E-state index in [2.05, 4.69) is 55.2 Å². The maximum absolute atomic E-state index is 14.6. The number of ketones is 2. The quantitative estimate of drug-likeness (QED) is 0.0453. The van der Waals surface area contributed by atoms with Crippen LogP contribution in [0.2, 0.25) is 5.02 Å². The van der Waals surface area contributed by atoms with Gasteiger partial charge in [-0.15, -0.1) is 35.8 Å². The molecule has 24 nitrogen and oxygen atoms in total. The van der Waals surface area contributed by atoms with Crippen molar-refractivity contribution in [2.75, 3.05) is 46.6 Å². The molecule has 12 atom stereocenters. The van der Waals surface area contributed by atoms with E-state index < -0.39 is 83.5 Å². The molecule has 4 saturated carbocycles. The molecule has 9 heterocycles. The molecule has 6 aromatic rings. The SMILES string of the molecule is C=C[C@@H]1C[C@]1(CC(=O)[C@@H]1C[C@@H](Oc2cc(-c3nc(C(C)C)cs3)nc3c(C)c(OC)ccc23)[C@H]2CC[C@H](C(C)(C)C)C(=O)N21)C(=O)NS(=O)(=O)C1CC1.C=C[C@@H]1C[C@]1(CC(=O)[C@@H]1C[C@@H](Oc2cc(-c3nc(C(C)C)cs3)nc3c(Cl)c(OCCN4CCOCC4)ccc23)[C@H]2CC[C@H](C(C)(C)C)C(=O)N21)C(=O)NS(=O)(=O)C1CC1. The van der Waals surface area contributed by atoms with Crippen LogP contribution in [0.25, 0.3) is 43.2 Å². The maximum atomic E-state index is 14.6. The number of piperidine rings is 2. The molecule has 0 bridgehead atoms. The van der Waals surface area contributed by atoms with E-state index in [1.807, 2.05) is 95.6 Å². The third-order valence-electron chi connectivity index (χ3n) is 24.9. The van der Waals surface area contributed by atoms with Gasteiger partial charge in [-0.2, -0.15) is 0 Å². The fourth-order valence-electron chi connectivity index (χ4n) is 17.5. The topological polar surface area (TPSA) is 302 Å². The summed E-state index contributed by atoms with van der Waals surface area (Å²) < 4.78 is 87.1. The van der Waals surface area contributed by atoms with Crippen molar-refractivity contribution in [3.8, 4) is 44.4 Å². The van der Waals surface area contributed by atoms with Crippen molar-refractivity contribution in [3.63, 3.8) is 0 Å². The molecule has 15 rings (SSSR count). The summed E-state index contributed by atoms with van der Waals surface area (Å²) in [6.45, 7) is 34.5. The molecule has 4 amide bonds. The molecule has 5 saturated heterocycles. The number of aryl methyl sites for hydroxylation is 1. The van der Waals surface area contributed by atoms with E-state index in [9.17, 15) is 45.6 Å². The maximum Gasteiger partial charge on any atom is 0.240 e. The molecule has 113 heavy (non-hydrogen) atoms. The molecular formula is C84H106ClN9O15S4. The van der Waals surface area contributed by atoms with Crippen LogP contribution in [0.3, 0.4) is 0 Å². The van der Waals surface area contributed by atoms with Gasteiger partial charge >= 0.3 is 0 Å². The standard InChI is InChI=1S/C44H56ClN5O8S2.C40H50N4O7S2/c1-7-26-22-44(26,42(53)48-60(54,55)27-8-9-27)23-34(51)33-21-37(32-12-11-29(43(4,5)6)41(52)50(32)33)58-36-20-30(40-47-31(24-59-40)25(2)3)46-39-28(36)10-13-35(38(39)45)57-19-16-49-14-17-56-18-15-49;1-9-23-18-40(23,38(47)43-53(48,49)24-10-11-24)19-31(45)30-17-34(29-14-13-26(39(5,6)7)37(46)44(29)30)51-33-16-27(36-42-28(20-52-36)21(2)3)41-35-22(4)32(50-8)15-12-25(33)35/h7,10,13,20,24-27,29,32-33,37H,1,8-9,11-12,14-19,21-23H2,2-6H3,(H,48,53);9,12,15-16,20-21,23-24,26,29-30,34H,1,10-11,13-14,17-19H2,2-8H3,(H,43,47)/t26-,29+,32-,33+,37-,44-;23-,26+,29-,30+,34-,40-/m11/s1. The second-order valence-electron chi connectivity index (χ2n) is 35.3. The van der Waals surface area contributed by atoms with E-state index in [1.165, 1.54) is 22.7 Å². The van der Waals surface area contributed by atoms with Crippen LogP contribution in [0.4, 0.5) is 0 Å². The Morgan fingerprint density at radius 3 is 1.47 bits per heavy atom. The van der Waals surface area contributed by atoms with Gasteiger partial charge in [-0.25, -0.2) is 36.8 Å². The zero-order chi connectivity index (χ0) is 80.9. The number of hydrogen-bond donors (Lipinski definition) is 2. The second-order valence-corrected chi connectivity index (χ2v) is 41.3. The van der Waals surface area contributed by atoms with Crippen molar-refractivity contribution < 1.29 is 69.3 Å². The fraction of sp³-hybridized carbons (Fsp3) is 0.595. The van der Waals surface area contributed by atoms with Gasteiger partial charge in [0.05, 0.1) is 88.2 Å². The Morgan fingerprint density at radius 2 is 1.07 bits per heavy atom. The number of halogens is 1. The third kappa shape index (κ3) is 16.4. The van der Waals surface area contributed by atoms with Crippen molar-refractivity contribution in [1.29, 1.82) is 0 Å². The number of aromatic nitrogens is 4. The number of allylic oxidation sites excluding steroid dienone is 2. The van der Waals surface area contributed by atoms with Gasteiger partial charge in [-0.05, 0) is 130 Å². The lowest BCUT2D eigenvalue weighted by Crippen LogP contribution is -2.55. The predicted octanol–water partition coefficient (Wildman–Crippen LogP) is 13.5. The molecule has 2 aromatic carbocycles. The number of carbonyl (C=O) groups is 6. The Labute approximate surface area is 675 Å². The molecule has 608 valence electrons. The number of rotatable bonds is 27. The second kappa shape index (κ2) is 31.5. The average molecular weight is 1650 g/mol. The zero-order valence-corrected chi connectivity index (χ0v) is 70.7. The Hall–Kier alpha value is -7.47. The minimum atomic E-state index is -3.83. The summed E-state index contributed by atoms with van der Waals surface area (Å²) in [4.78, 5) is 111. The number of nitrogens with one attached hydrogen (secondary N) is 2. The van der Waals surface area contributed by atoms with E-state index in [0.717, 1.165) is 47.0 Å². The van der Waals surface area contributed by atoms with Crippen molar-refractivity contribution in [2.45, 2.75) is 225 Å². The highest BCUT2D eigenvalue weighted by Gasteiger charge is 2.65. The molecule has 2 N–H and O–H groups in total. The molecule has 0 radical (unpaired) electrons. The average Bonchev–Trinajstić information content (AvgIpc) is 1.58. The number of benzene rings is 2. The number of carbonyl (C=O) groups excluding carboxylic acids is 6. The number of methoxy groups -OCH3 is 1. The number of pyridine rings is 2. The lowest BCUT2D eigenvalue weighted by molar-refractivity contribution is -0.151. The Morgan fingerprint density at radius 1 is 0.637 bits per heavy atom. The number of morpholine rings is 1. The van der Waals surface area contributed by atoms with Gasteiger partial charge in [0.2, 0.25) is 43.7 Å². The minimum absolute atomic E-state index is 0.0889. The summed E-state index contributed by atoms with van der Waals surface area (Å²) in [6, 6.07) is 8.78. The minimum Gasteiger partial charge on any atom is -0.496 e. The van der Waals surface area contributed by atoms with Crippen molar-refractivity contribution in [2.24, 2.45) is 45.3 Å². The van der Waals surface area contributed by atoms with Crippen LogP contribution in [-0.2, 0) is 53.6 Å². The van der Waals surface area contributed by atoms with Crippen LogP contribution >= 0.6 is 34.3 Å². The molecule has 4 aromatic heterocycles. The number of ether oxygens (including phenoxy) is 5. The van der Waals surface area contributed by atoms with Gasteiger partial charge in [0.25, 0.3) is 0 Å². The summed E-state index contributed by atoms with van der Waals surface area (Å²) in [7, 11) is -6.02. The molecule has 9 fully saturated rings. The molecule has 29 heteroatoms. The van der Waals surface area contributed by atoms with E-state index >= 15 is 0 Å². The largest absolute Gasteiger partial charge is 0.496 e. The number of fused-ring (bicyclic) bond motifs is 4. The third-order valence-corrected chi connectivity index (χ3v) is 30.7. The fourth-order valence-corrected chi connectivity index (χ4v) is 22.4. The zero-order valence-electron chi connectivity index (χ0n) is 66.7. The molecule has 4 aliphatic carbocycles. The summed E-state index contributed by atoms with van der Waals surface area (Å²) in [5, 5.41) is 6.15. The van der Waals surface area contributed by atoms with Gasteiger partial charge in [-0.1, -0.05) is 93.0 Å². The van der Waals surface area contributed by atoms with E-state index in [0.29, 0.717) is 145 Å². The van der Waals surface area contributed by atoms with Crippen LogP contribution in [0.5, 0.6) is 23.0 Å². The first-order chi connectivity index (χ1) is 53.5. The number of Topliss-reactive ketones (excluding diaryl/α,β-unsaturated/α-hetero) is 2. The monoisotopic (exact) mass is 1640 g/mol. The highest BCUT2D eigenvalue weighted by Crippen LogP contribution is 2.59. The van der Waals surface area contributed by atoms with Crippen LogP contribution in [0.1, 0.15) is 188 Å². The summed E-state index contributed by atoms with van der Waals surface area (Å²) in [5.41, 5.74) is 2.08. The van der Waals surface area contributed by atoms with Crippen molar-refractivity contribution >= 4 is 111 Å². The van der Waals surface area contributed by atoms with E-state index in [4.69, 9.17) is 55.2 Å². The number of amides is 4. The Bertz CT molecular complexity index is 5000. The highest BCUT2D eigenvalue weighted by atomic mass is 35.5. The normalized spacial score (nSPS) is 27.2. The van der Waals surface area contributed by atoms with Crippen molar-refractivity contribution in [1.82, 2.24) is 44.1 Å². The lowest BCUT2D eigenvalue weighted by atomic mass is 9.74. The van der Waals surface area contributed by atoms with Crippen molar-refractivity contribution in [3.05, 3.63) is 94.4 Å². The van der Waals surface area contributed by atoms with E-state index in [-0.39, 0.29) is 101 Å². The lowest BCUT2D eigenvalue weighted by Gasteiger charge is -2.43. The molecule has 9 aliphatic rings. The van der Waals surface area contributed by atoms with E-state index in [1.54, 1.807) is 29.1 Å². The Kier molecular flexibility index (Phi) is 22.9. The smallest absolute Gasteiger partial charge is 0.240 e. The predicted molar refractivity (Wildman–Crippen MR) is 435 cm³/mol. The van der Waals surface area contributed by atoms with Gasteiger partial charge in [0.1, 0.15) is 68.2 Å². The van der Waals surface area contributed by atoms with Crippen LogP contribution < -0.4 is 28.4 Å². The van der Waals surface area contributed by atoms with Gasteiger partial charge in [0, 0.05) is 96.4 Å². The molecule has 0 spiro atoms. The number of nitrogens with zero attached hydrogens (tertiary/aromatic N) is 7. The molecular weight excluding hydrogens is 1540 g/mol.